The minimum absolute atomic E-state index is 0.0335. The molecule has 0 spiro atoms. The molecule has 3 heteroatoms. The van der Waals surface area contributed by atoms with Crippen LogP contribution in [0.1, 0.15) is 13.8 Å². The van der Waals surface area contributed by atoms with Crippen molar-refractivity contribution >= 4 is 8.24 Å². The molecule has 0 aromatic rings. The van der Waals surface area contributed by atoms with E-state index in [1.54, 1.807) is 0 Å². The van der Waals surface area contributed by atoms with Crippen LogP contribution < -0.4 is 5.32 Å². The van der Waals surface area contributed by atoms with Crippen molar-refractivity contribution in [1.29, 1.82) is 0 Å². The minimum atomic E-state index is -1.68. The minimum Gasteiger partial charge on any atom is -0.381 e. The van der Waals surface area contributed by atoms with Gasteiger partial charge in [-0.15, -0.1) is 0 Å². The third-order valence-corrected chi connectivity index (χ3v) is 10.8. The van der Waals surface area contributed by atoms with Crippen molar-refractivity contribution in [2.75, 3.05) is 0 Å². The van der Waals surface area contributed by atoms with Crippen molar-refractivity contribution in [2.45, 2.75) is 38.1 Å². The number of nitrogens with zero attached hydrogens (tertiary/aromatic N) is 1. The molecule has 4 unspecified atom stereocenters. The van der Waals surface area contributed by atoms with Crippen molar-refractivity contribution in [3.63, 3.8) is 0 Å². The SMILES string of the molecule is CC1(C)NC=CN1[Si](C)(C)C1C2C=CC=CC2C2C=CC=CC21. The van der Waals surface area contributed by atoms with Crippen LogP contribution in [0.5, 0.6) is 0 Å². The molecule has 0 saturated heterocycles. The average molecular weight is 325 g/mol. The fraction of sp³-hybridized carbons (Fsp3) is 0.500. The zero-order valence-electron chi connectivity index (χ0n) is 14.6. The van der Waals surface area contributed by atoms with Gasteiger partial charge in [-0.3, -0.25) is 0 Å². The number of nitrogens with one attached hydrogen (secondary N) is 1. The second-order valence-electron chi connectivity index (χ2n) is 8.42. The summed E-state index contributed by atoms with van der Waals surface area (Å²) in [6.07, 6.45) is 23.4. The molecule has 4 rings (SSSR count). The Kier molecular flexibility index (Phi) is 3.28. The van der Waals surface area contributed by atoms with E-state index in [1.807, 2.05) is 0 Å². The van der Waals surface area contributed by atoms with Crippen LogP contribution >= 0.6 is 0 Å². The Labute approximate surface area is 141 Å². The van der Waals surface area contributed by atoms with E-state index in [9.17, 15) is 0 Å². The van der Waals surface area contributed by atoms with Crippen LogP contribution in [-0.4, -0.2) is 18.5 Å². The number of hydrogen-bond donors (Lipinski definition) is 1. The first-order valence-electron chi connectivity index (χ1n) is 8.87. The average Bonchev–Trinajstić information content (AvgIpc) is 3.05. The van der Waals surface area contributed by atoms with E-state index in [-0.39, 0.29) is 5.66 Å². The number of allylic oxidation sites excluding steroid dienone is 8. The Hall–Kier alpha value is -1.48. The predicted molar refractivity (Wildman–Crippen MR) is 99.9 cm³/mol. The van der Waals surface area contributed by atoms with Gasteiger partial charge in [0.2, 0.25) is 0 Å². The fourth-order valence-electron chi connectivity index (χ4n) is 5.61. The summed E-state index contributed by atoms with van der Waals surface area (Å²) >= 11 is 0. The molecule has 0 aromatic heterocycles. The summed E-state index contributed by atoms with van der Waals surface area (Å²) in [5, 5.41) is 3.54. The molecule has 1 heterocycles. The molecule has 3 aliphatic carbocycles. The lowest BCUT2D eigenvalue weighted by atomic mass is 9.83. The summed E-state index contributed by atoms with van der Waals surface area (Å²) in [6, 6.07) is 0. The lowest BCUT2D eigenvalue weighted by molar-refractivity contribution is 0.270. The molecule has 0 aromatic carbocycles. The summed E-state index contributed by atoms with van der Waals surface area (Å²) in [5.41, 5.74) is 0.773. The summed E-state index contributed by atoms with van der Waals surface area (Å²) < 4.78 is 2.67. The normalized spacial score (nSPS) is 39.5. The lowest BCUT2D eigenvalue weighted by Crippen LogP contribution is -2.61. The molecule has 0 radical (unpaired) electrons. The van der Waals surface area contributed by atoms with E-state index in [0.29, 0.717) is 23.7 Å². The van der Waals surface area contributed by atoms with Gasteiger partial charge in [0.05, 0.1) is 5.66 Å². The smallest absolute Gasteiger partial charge is 0.157 e. The van der Waals surface area contributed by atoms with Crippen molar-refractivity contribution in [2.24, 2.45) is 23.7 Å². The van der Waals surface area contributed by atoms with Gasteiger partial charge in [0, 0.05) is 12.4 Å². The van der Waals surface area contributed by atoms with E-state index >= 15 is 0 Å². The quantitative estimate of drug-likeness (QED) is 0.757. The molecule has 0 amide bonds. The third-order valence-electron chi connectivity index (χ3n) is 6.42. The highest BCUT2D eigenvalue weighted by atomic mass is 28.3. The first-order chi connectivity index (χ1) is 10.9. The fourth-order valence-corrected chi connectivity index (χ4v) is 10.5. The van der Waals surface area contributed by atoms with E-state index in [2.05, 4.69) is 97.8 Å². The maximum Gasteiger partial charge on any atom is 0.157 e. The zero-order valence-corrected chi connectivity index (χ0v) is 15.6. The Balaban J connectivity index is 1.76. The van der Waals surface area contributed by atoms with Crippen LogP contribution in [0.4, 0.5) is 0 Å². The molecular formula is C20H28N2Si. The molecule has 0 bridgehead atoms. The van der Waals surface area contributed by atoms with Gasteiger partial charge in [-0.1, -0.05) is 61.7 Å². The maximum atomic E-state index is 3.54. The third kappa shape index (κ3) is 2.13. The second kappa shape index (κ2) is 5.00. The van der Waals surface area contributed by atoms with Gasteiger partial charge in [-0.05, 0) is 43.1 Å². The maximum absolute atomic E-state index is 3.54. The highest BCUT2D eigenvalue weighted by Gasteiger charge is 2.57. The number of hydrogen-bond acceptors (Lipinski definition) is 2. The molecule has 1 saturated carbocycles. The molecule has 1 fully saturated rings. The second-order valence-corrected chi connectivity index (χ2v) is 12.9. The Morgan fingerprint density at radius 1 is 0.826 bits per heavy atom. The Bertz CT molecular complexity index is 604. The standard InChI is InChI=1S/C20H28N2Si/c1-20(2)21-13-14-22(20)23(3,4)19-17-11-7-5-9-15(17)16-10-6-8-12-18(16)19/h5-19,21H,1-4H3. The van der Waals surface area contributed by atoms with Gasteiger partial charge in [0.15, 0.2) is 8.24 Å². The zero-order chi connectivity index (χ0) is 16.2. The van der Waals surface area contributed by atoms with Gasteiger partial charge in [0.25, 0.3) is 0 Å². The molecule has 4 aliphatic rings. The van der Waals surface area contributed by atoms with Gasteiger partial charge in [-0.2, -0.15) is 0 Å². The van der Waals surface area contributed by atoms with Crippen LogP contribution in [0.3, 0.4) is 0 Å². The molecule has 23 heavy (non-hydrogen) atoms. The molecule has 1 N–H and O–H groups in total. The van der Waals surface area contributed by atoms with E-state index in [4.69, 9.17) is 0 Å². The predicted octanol–water partition coefficient (Wildman–Crippen LogP) is 4.40. The largest absolute Gasteiger partial charge is 0.381 e. The molecular weight excluding hydrogens is 296 g/mol. The first kappa shape index (κ1) is 15.1. The van der Waals surface area contributed by atoms with Crippen molar-refractivity contribution in [3.05, 3.63) is 61.0 Å². The molecule has 122 valence electrons. The van der Waals surface area contributed by atoms with Gasteiger partial charge in [0.1, 0.15) is 0 Å². The van der Waals surface area contributed by atoms with E-state index < -0.39 is 8.24 Å². The van der Waals surface area contributed by atoms with Crippen LogP contribution in [0.25, 0.3) is 0 Å². The first-order valence-corrected chi connectivity index (χ1v) is 11.9. The number of fused-ring (bicyclic) bond motifs is 3. The van der Waals surface area contributed by atoms with Crippen LogP contribution in [-0.2, 0) is 0 Å². The van der Waals surface area contributed by atoms with Crippen LogP contribution in [0.2, 0.25) is 18.6 Å². The van der Waals surface area contributed by atoms with Gasteiger partial charge in [-0.25, -0.2) is 0 Å². The molecule has 4 atom stereocenters. The van der Waals surface area contributed by atoms with Gasteiger partial charge < -0.3 is 9.88 Å². The Morgan fingerprint density at radius 3 is 1.74 bits per heavy atom. The highest BCUT2D eigenvalue weighted by Crippen LogP contribution is 2.59. The summed E-state index contributed by atoms with van der Waals surface area (Å²) in [6.45, 7) is 9.74. The Morgan fingerprint density at radius 2 is 1.30 bits per heavy atom. The lowest BCUT2D eigenvalue weighted by Gasteiger charge is -2.49. The number of rotatable bonds is 2. The summed E-state index contributed by atoms with van der Waals surface area (Å²) in [4.78, 5) is 0. The van der Waals surface area contributed by atoms with Crippen molar-refractivity contribution < 1.29 is 0 Å². The van der Waals surface area contributed by atoms with Crippen molar-refractivity contribution in [3.8, 4) is 0 Å². The molecule has 2 nitrogen and oxygen atoms in total. The molecule has 1 aliphatic heterocycles. The van der Waals surface area contributed by atoms with Gasteiger partial charge >= 0.3 is 0 Å². The van der Waals surface area contributed by atoms with E-state index in [0.717, 1.165) is 5.54 Å². The van der Waals surface area contributed by atoms with Crippen LogP contribution in [0.15, 0.2) is 61.0 Å². The van der Waals surface area contributed by atoms with E-state index in [1.165, 1.54) is 0 Å². The summed E-state index contributed by atoms with van der Waals surface area (Å²) in [7, 11) is -1.68. The summed E-state index contributed by atoms with van der Waals surface area (Å²) in [5.74, 6) is 2.69. The monoisotopic (exact) mass is 324 g/mol. The van der Waals surface area contributed by atoms with Crippen molar-refractivity contribution in [1.82, 2.24) is 9.88 Å². The topological polar surface area (TPSA) is 15.3 Å². The highest BCUT2D eigenvalue weighted by molar-refractivity contribution is 6.76. The van der Waals surface area contributed by atoms with Crippen LogP contribution in [0, 0.1) is 23.7 Å².